The van der Waals surface area contributed by atoms with E-state index in [4.69, 9.17) is 4.42 Å². The number of anilines is 1. The summed E-state index contributed by atoms with van der Waals surface area (Å²) >= 11 is 0. The van der Waals surface area contributed by atoms with Crippen LogP contribution in [0.3, 0.4) is 0 Å². The summed E-state index contributed by atoms with van der Waals surface area (Å²) in [6.07, 6.45) is 6.08. The molecule has 1 aromatic carbocycles. The first-order chi connectivity index (χ1) is 12.0. The van der Waals surface area contributed by atoms with Crippen LogP contribution < -0.4 is 4.31 Å². The van der Waals surface area contributed by atoms with Crippen LogP contribution in [-0.4, -0.2) is 24.5 Å². The second kappa shape index (κ2) is 5.77. The van der Waals surface area contributed by atoms with E-state index in [1.165, 1.54) is 4.31 Å². The summed E-state index contributed by atoms with van der Waals surface area (Å²) in [5.41, 5.74) is 1.74. The highest BCUT2D eigenvalue weighted by Gasteiger charge is 2.35. The molecule has 3 heterocycles. The van der Waals surface area contributed by atoms with Gasteiger partial charge in [-0.3, -0.25) is 4.31 Å². The Morgan fingerprint density at radius 1 is 1.24 bits per heavy atom. The van der Waals surface area contributed by atoms with Gasteiger partial charge in [-0.2, -0.15) is 0 Å². The van der Waals surface area contributed by atoms with Gasteiger partial charge in [-0.25, -0.2) is 13.4 Å². The van der Waals surface area contributed by atoms with Crippen molar-refractivity contribution >= 4 is 15.7 Å². The maximum absolute atomic E-state index is 13.3. The number of nitrogens with zero attached hydrogens (tertiary/aromatic N) is 3. The molecule has 0 fully saturated rings. The summed E-state index contributed by atoms with van der Waals surface area (Å²) in [7, 11) is -3.70. The second-order valence-corrected chi connectivity index (χ2v) is 8.14. The molecule has 0 N–H and O–H groups in total. The molecule has 0 saturated heterocycles. The molecule has 1 aliphatic heterocycles. The lowest BCUT2D eigenvalue weighted by Gasteiger charge is -2.35. The minimum Gasteiger partial charge on any atom is -0.465 e. The topological polar surface area (TPSA) is 68.3 Å². The highest BCUT2D eigenvalue weighted by atomic mass is 32.2. The van der Waals surface area contributed by atoms with Crippen molar-refractivity contribution < 1.29 is 12.8 Å². The highest BCUT2D eigenvalue weighted by Crippen LogP contribution is 2.36. The Bertz CT molecular complexity index is 1010. The van der Waals surface area contributed by atoms with E-state index >= 15 is 0 Å². The fourth-order valence-electron chi connectivity index (χ4n) is 3.43. The minimum absolute atomic E-state index is 0.000444. The molecule has 0 saturated carbocycles. The SMILES string of the molecule is Cc1cc(S(=O)(=O)N2CC(n3ccnc3)Cc3ccccc32)c(C)o1. The van der Waals surface area contributed by atoms with Crippen LogP contribution in [0.2, 0.25) is 0 Å². The van der Waals surface area contributed by atoms with E-state index in [9.17, 15) is 8.42 Å². The van der Waals surface area contributed by atoms with Crippen molar-refractivity contribution in [3.63, 3.8) is 0 Å². The first-order valence-electron chi connectivity index (χ1n) is 8.12. The van der Waals surface area contributed by atoms with Crippen LogP contribution >= 0.6 is 0 Å². The van der Waals surface area contributed by atoms with Crippen LogP contribution in [0.15, 0.2) is 58.4 Å². The lowest BCUT2D eigenvalue weighted by atomic mass is 10.00. The van der Waals surface area contributed by atoms with Crippen LogP contribution in [0.25, 0.3) is 0 Å². The zero-order valence-electron chi connectivity index (χ0n) is 14.1. The van der Waals surface area contributed by atoms with Gasteiger partial charge in [-0.05, 0) is 31.9 Å². The van der Waals surface area contributed by atoms with Crippen LogP contribution in [0.1, 0.15) is 23.1 Å². The smallest absolute Gasteiger partial charge is 0.267 e. The molecule has 0 aliphatic carbocycles. The maximum Gasteiger partial charge on any atom is 0.267 e. The number of rotatable bonds is 3. The van der Waals surface area contributed by atoms with Gasteiger partial charge in [-0.15, -0.1) is 0 Å². The van der Waals surface area contributed by atoms with E-state index in [1.54, 1.807) is 32.4 Å². The van der Waals surface area contributed by atoms with Gasteiger partial charge in [0.1, 0.15) is 16.4 Å². The van der Waals surface area contributed by atoms with Crippen molar-refractivity contribution in [1.82, 2.24) is 9.55 Å². The molecule has 0 spiro atoms. The quantitative estimate of drug-likeness (QED) is 0.722. The molecule has 7 heteroatoms. The summed E-state index contributed by atoms with van der Waals surface area (Å²) in [5.74, 6) is 1.01. The van der Waals surface area contributed by atoms with E-state index < -0.39 is 10.0 Å². The molecule has 1 unspecified atom stereocenters. The third-order valence-electron chi connectivity index (χ3n) is 4.60. The van der Waals surface area contributed by atoms with Gasteiger partial charge >= 0.3 is 0 Å². The summed E-state index contributed by atoms with van der Waals surface area (Å²) in [6, 6.07) is 9.24. The van der Waals surface area contributed by atoms with E-state index in [2.05, 4.69) is 4.98 Å². The molecule has 0 amide bonds. The largest absolute Gasteiger partial charge is 0.465 e. The predicted octanol–water partition coefficient (Wildman–Crippen LogP) is 3.09. The molecule has 1 atom stereocenters. The van der Waals surface area contributed by atoms with Crippen LogP contribution in [0, 0.1) is 13.8 Å². The molecule has 25 heavy (non-hydrogen) atoms. The summed E-state index contributed by atoms with van der Waals surface area (Å²) in [5, 5.41) is 0. The van der Waals surface area contributed by atoms with Crippen LogP contribution in [0.5, 0.6) is 0 Å². The molecular formula is C18H19N3O3S. The van der Waals surface area contributed by atoms with Gasteiger partial charge in [0.2, 0.25) is 0 Å². The van der Waals surface area contributed by atoms with Crippen LogP contribution in [-0.2, 0) is 16.4 Å². The molecule has 130 valence electrons. The molecule has 2 aromatic heterocycles. The van der Waals surface area contributed by atoms with E-state index in [0.29, 0.717) is 18.1 Å². The van der Waals surface area contributed by atoms with Gasteiger partial charge in [0.15, 0.2) is 0 Å². The lowest BCUT2D eigenvalue weighted by Crippen LogP contribution is -2.40. The fourth-order valence-corrected chi connectivity index (χ4v) is 5.19. The number of furan rings is 1. The highest BCUT2D eigenvalue weighted by molar-refractivity contribution is 7.92. The third kappa shape index (κ3) is 2.64. The number of benzene rings is 1. The zero-order chi connectivity index (χ0) is 17.6. The Kier molecular flexibility index (Phi) is 3.68. The minimum atomic E-state index is -3.70. The van der Waals surface area contributed by atoms with Gasteiger partial charge in [0.05, 0.1) is 24.6 Å². The number of para-hydroxylation sites is 1. The standard InChI is InChI=1S/C18H19N3O3S/c1-13-9-18(14(2)24-13)25(22,23)21-11-16(20-8-7-19-12-20)10-15-5-3-4-6-17(15)21/h3-9,12,16H,10-11H2,1-2H3. The summed E-state index contributed by atoms with van der Waals surface area (Å²) < 4.78 is 35.6. The Morgan fingerprint density at radius 2 is 2.04 bits per heavy atom. The molecule has 0 radical (unpaired) electrons. The molecule has 3 aromatic rings. The van der Waals surface area contributed by atoms with E-state index in [-0.39, 0.29) is 10.9 Å². The Balaban J connectivity index is 1.83. The number of aromatic nitrogens is 2. The first kappa shape index (κ1) is 16.0. The predicted molar refractivity (Wildman–Crippen MR) is 94.1 cm³/mol. The van der Waals surface area contributed by atoms with Crippen LogP contribution in [0.4, 0.5) is 5.69 Å². The maximum atomic E-state index is 13.3. The second-order valence-electron chi connectivity index (χ2n) is 6.31. The molecule has 4 rings (SSSR count). The average Bonchev–Trinajstić information content (AvgIpc) is 3.23. The molecular weight excluding hydrogens is 338 g/mol. The van der Waals surface area contributed by atoms with Crippen molar-refractivity contribution in [3.8, 4) is 0 Å². The van der Waals surface area contributed by atoms with Gasteiger partial charge in [0.25, 0.3) is 10.0 Å². The van der Waals surface area contributed by atoms with Crippen molar-refractivity contribution in [2.75, 3.05) is 10.8 Å². The number of aryl methyl sites for hydroxylation is 2. The molecule has 1 aliphatic rings. The number of hydrogen-bond donors (Lipinski definition) is 0. The van der Waals surface area contributed by atoms with Crippen molar-refractivity contribution in [2.45, 2.75) is 31.2 Å². The Labute approximate surface area is 146 Å². The normalized spacial score (nSPS) is 17.5. The molecule has 6 nitrogen and oxygen atoms in total. The van der Waals surface area contributed by atoms with Crippen molar-refractivity contribution in [1.29, 1.82) is 0 Å². The van der Waals surface area contributed by atoms with Crippen molar-refractivity contribution in [3.05, 3.63) is 66.1 Å². The van der Waals surface area contributed by atoms with Crippen molar-refractivity contribution in [2.24, 2.45) is 0 Å². The van der Waals surface area contributed by atoms with Gasteiger partial charge in [0, 0.05) is 18.5 Å². The number of imidazole rings is 1. The van der Waals surface area contributed by atoms with Gasteiger partial charge in [-0.1, -0.05) is 18.2 Å². The molecule has 0 bridgehead atoms. The Morgan fingerprint density at radius 3 is 2.72 bits per heavy atom. The van der Waals surface area contributed by atoms with E-state index in [1.807, 2.05) is 35.0 Å². The third-order valence-corrected chi connectivity index (χ3v) is 6.49. The van der Waals surface area contributed by atoms with E-state index in [0.717, 1.165) is 17.7 Å². The summed E-state index contributed by atoms with van der Waals surface area (Å²) in [6.45, 7) is 3.80. The lowest BCUT2D eigenvalue weighted by molar-refractivity contribution is 0.483. The zero-order valence-corrected chi connectivity index (χ0v) is 14.9. The number of hydrogen-bond acceptors (Lipinski definition) is 4. The Hall–Kier alpha value is -2.54. The summed E-state index contributed by atoms with van der Waals surface area (Å²) in [4.78, 5) is 4.32. The first-order valence-corrected chi connectivity index (χ1v) is 9.56. The number of sulfonamides is 1. The monoisotopic (exact) mass is 357 g/mol. The average molecular weight is 357 g/mol. The fraction of sp³-hybridized carbons (Fsp3) is 0.278. The van der Waals surface area contributed by atoms with Gasteiger partial charge < -0.3 is 8.98 Å². The number of fused-ring (bicyclic) bond motifs is 1.